The summed E-state index contributed by atoms with van der Waals surface area (Å²) in [6, 6.07) is 7.03. The number of nitrogens with one attached hydrogen (secondary N) is 1. The van der Waals surface area contributed by atoms with Crippen LogP contribution in [0.4, 0.5) is 0 Å². The van der Waals surface area contributed by atoms with Gasteiger partial charge in [-0.3, -0.25) is 4.79 Å². The molecule has 1 fully saturated rings. The molecule has 6 nitrogen and oxygen atoms in total. The molecule has 1 aromatic heterocycles. The lowest BCUT2D eigenvalue weighted by atomic mass is 10.1. The number of sulfone groups is 1. The minimum absolute atomic E-state index is 0.0261. The van der Waals surface area contributed by atoms with Crippen LogP contribution in [0.25, 0.3) is 11.0 Å². The average Bonchev–Trinajstić information content (AvgIpc) is 2.94. The van der Waals surface area contributed by atoms with E-state index in [0.29, 0.717) is 17.7 Å². The largest absolute Gasteiger partial charge is 0.356 e. The molecule has 106 valence electrons. The highest BCUT2D eigenvalue weighted by Gasteiger charge is 2.29. The lowest BCUT2D eigenvalue weighted by Gasteiger charge is -2.09. The molecule has 1 amide bonds. The third-order valence-corrected chi connectivity index (χ3v) is 5.15. The fraction of sp³-hybridized carbons (Fsp3) is 0.385. The molecule has 0 saturated carbocycles. The van der Waals surface area contributed by atoms with Crippen molar-refractivity contribution in [2.24, 2.45) is 0 Å². The predicted molar refractivity (Wildman–Crippen MR) is 72.9 cm³/mol. The van der Waals surface area contributed by atoms with Crippen LogP contribution in [0.1, 0.15) is 12.1 Å². The van der Waals surface area contributed by atoms with Crippen LogP contribution in [0.2, 0.25) is 0 Å². The van der Waals surface area contributed by atoms with Crippen LogP contribution < -0.4 is 5.32 Å². The minimum atomic E-state index is -2.99. The van der Waals surface area contributed by atoms with Crippen molar-refractivity contribution in [1.82, 2.24) is 10.5 Å². The first-order valence-corrected chi connectivity index (χ1v) is 8.19. The predicted octanol–water partition coefficient (Wildman–Crippen LogP) is 0.674. The van der Waals surface area contributed by atoms with E-state index >= 15 is 0 Å². The number of hydrogen-bond donors (Lipinski definition) is 1. The summed E-state index contributed by atoms with van der Waals surface area (Å²) in [5, 5.41) is 7.43. The molecule has 1 atom stereocenters. The second-order valence-corrected chi connectivity index (χ2v) is 7.20. The Hall–Kier alpha value is -1.89. The molecule has 2 heterocycles. The van der Waals surface area contributed by atoms with Gasteiger partial charge in [0.15, 0.2) is 15.4 Å². The lowest BCUT2D eigenvalue weighted by Crippen LogP contribution is -2.36. The standard InChI is InChI=1S/C13H14N2O4S/c16-13(14-9-5-6-20(17,18)8-9)7-11-10-3-1-2-4-12(10)19-15-11/h1-4,9H,5-8H2,(H,14,16)/t9-/m1/s1. The van der Waals surface area contributed by atoms with Gasteiger partial charge in [-0.25, -0.2) is 8.42 Å². The summed E-state index contributed by atoms with van der Waals surface area (Å²) in [6.07, 6.45) is 0.571. The topological polar surface area (TPSA) is 89.3 Å². The highest BCUT2D eigenvalue weighted by atomic mass is 32.2. The molecule has 20 heavy (non-hydrogen) atoms. The van der Waals surface area contributed by atoms with Gasteiger partial charge in [0.2, 0.25) is 5.91 Å². The fourth-order valence-electron chi connectivity index (χ4n) is 2.41. The van der Waals surface area contributed by atoms with Crippen molar-refractivity contribution in [2.45, 2.75) is 18.9 Å². The van der Waals surface area contributed by atoms with Gasteiger partial charge in [0.25, 0.3) is 0 Å². The Bertz CT molecular complexity index is 751. The summed E-state index contributed by atoms with van der Waals surface area (Å²) in [6.45, 7) is 0. The molecule has 2 aromatic rings. The van der Waals surface area contributed by atoms with Crippen LogP contribution in [-0.2, 0) is 21.1 Å². The van der Waals surface area contributed by atoms with Crippen LogP contribution in [-0.4, -0.2) is 37.0 Å². The van der Waals surface area contributed by atoms with Gasteiger partial charge in [-0.05, 0) is 18.6 Å². The molecule has 1 aromatic carbocycles. The molecule has 1 aliphatic rings. The summed E-state index contributed by atoms with van der Waals surface area (Å²) in [4.78, 5) is 11.9. The fourth-order valence-corrected chi connectivity index (χ4v) is 4.08. The highest BCUT2D eigenvalue weighted by molar-refractivity contribution is 7.91. The van der Waals surface area contributed by atoms with Gasteiger partial charge in [0, 0.05) is 11.4 Å². The SMILES string of the molecule is O=C(Cc1noc2ccccc12)N[C@@H]1CCS(=O)(=O)C1. The maximum atomic E-state index is 11.9. The van der Waals surface area contributed by atoms with E-state index in [4.69, 9.17) is 4.52 Å². The van der Waals surface area contributed by atoms with Crippen molar-refractivity contribution < 1.29 is 17.7 Å². The number of carbonyl (C=O) groups excluding carboxylic acids is 1. The van der Waals surface area contributed by atoms with Gasteiger partial charge in [0.1, 0.15) is 5.69 Å². The quantitative estimate of drug-likeness (QED) is 0.899. The summed E-state index contributed by atoms with van der Waals surface area (Å²) in [7, 11) is -2.99. The number of aromatic nitrogens is 1. The van der Waals surface area contributed by atoms with Crippen molar-refractivity contribution in [3.63, 3.8) is 0 Å². The van der Waals surface area contributed by atoms with Crippen LogP contribution in [0, 0.1) is 0 Å². The maximum Gasteiger partial charge on any atom is 0.226 e. The number of rotatable bonds is 3. The molecule has 0 radical (unpaired) electrons. The number of hydrogen-bond acceptors (Lipinski definition) is 5. The van der Waals surface area contributed by atoms with E-state index in [-0.39, 0.29) is 29.9 Å². The van der Waals surface area contributed by atoms with E-state index in [1.54, 1.807) is 6.07 Å². The number of para-hydroxylation sites is 1. The summed E-state index contributed by atoms with van der Waals surface area (Å²) >= 11 is 0. The first-order valence-electron chi connectivity index (χ1n) is 6.36. The third-order valence-electron chi connectivity index (χ3n) is 3.38. The van der Waals surface area contributed by atoms with Gasteiger partial charge in [-0.1, -0.05) is 17.3 Å². The highest BCUT2D eigenvalue weighted by Crippen LogP contribution is 2.18. The molecule has 0 unspecified atom stereocenters. The van der Waals surface area contributed by atoms with E-state index in [2.05, 4.69) is 10.5 Å². The van der Waals surface area contributed by atoms with Crippen LogP contribution in [0.5, 0.6) is 0 Å². The molecule has 1 saturated heterocycles. The monoisotopic (exact) mass is 294 g/mol. The molecule has 3 rings (SSSR count). The van der Waals surface area contributed by atoms with E-state index in [9.17, 15) is 13.2 Å². The van der Waals surface area contributed by atoms with E-state index in [1.807, 2.05) is 18.2 Å². The van der Waals surface area contributed by atoms with Crippen LogP contribution in [0.3, 0.4) is 0 Å². The molecule has 1 N–H and O–H groups in total. The summed E-state index contributed by atoms with van der Waals surface area (Å²) in [5.74, 6) is -0.0606. The number of benzene rings is 1. The lowest BCUT2D eigenvalue weighted by molar-refractivity contribution is -0.121. The number of nitrogens with zero attached hydrogens (tertiary/aromatic N) is 1. The van der Waals surface area contributed by atoms with Crippen molar-refractivity contribution in [1.29, 1.82) is 0 Å². The average molecular weight is 294 g/mol. The summed E-state index contributed by atoms with van der Waals surface area (Å²) in [5.41, 5.74) is 1.21. The zero-order valence-electron chi connectivity index (χ0n) is 10.7. The molecule has 0 bridgehead atoms. The Morgan fingerprint density at radius 2 is 2.20 bits per heavy atom. The molecule has 0 aliphatic carbocycles. The van der Waals surface area contributed by atoms with E-state index < -0.39 is 9.84 Å². The molecule has 7 heteroatoms. The number of amides is 1. The second kappa shape index (κ2) is 4.90. The maximum absolute atomic E-state index is 11.9. The smallest absolute Gasteiger partial charge is 0.226 e. The minimum Gasteiger partial charge on any atom is -0.356 e. The van der Waals surface area contributed by atoms with Crippen LogP contribution in [0.15, 0.2) is 28.8 Å². The normalized spacial score (nSPS) is 21.1. The van der Waals surface area contributed by atoms with Gasteiger partial charge >= 0.3 is 0 Å². The van der Waals surface area contributed by atoms with Gasteiger partial charge in [-0.2, -0.15) is 0 Å². The Morgan fingerprint density at radius 1 is 1.40 bits per heavy atom. The summed E-state index contributed by atoms with van der Waals surface area (Å²) < 4.78 is 27.8. The van der Waals surface area contributed by atoms with Gasteiger partial charge in [-0.15, -0.1) is 0 Å². The molecular formula is C13H14N2O4S. The Kier molecular flexibility index (Phi) is 3.21. The Morgan fingerprint density at radius 3 is 2.95 bits per heavy atom. The van der Waals surface area contributed by atoms with Gasteiger partial charge in [0.05, 0.1) is 17.9 Å². The zero-order chi connectivity index (χ0) is 14.2. The van der Waals surface area contributed by atoms with E-state index in [1.165, 1.54) is 0 Å². The zero-order valence-corrected chi connectivity index (χ0v) is 11.5. The molecule has 0 spiro atoms. The first kappa shape index (κ1) is 13.1. The molecular weight excluding hydrogens is 280 g/mol. The first-order chi connectivity index (χ1) is 9.53. The molecule has 1 aliphatic heterocycles. The van der Waals surface area contributed by atoms with E-state index in [0.717, 1.165) is 5.39 Å². The van der Waals surface area contributed by atoms with Crippen molar-refractivity contribution in [2.75, 3.05) is 11.5 Å². The third kappa shape index (κ3) is 2.67. The van der Waals surface area contributed by atoms with Crippen molar-refractivity contribution in [3.05, 3.63) is 30.0 Å². The van der Waals surface area contributed by atoms with Crippen molar-refractivity contribution in [3.8, 4) is 0 Å². The Balaban J connectivity index is 1.67. The van der Waals surface area contributed by atoms with Crippen molar-refractivity contribution >= 4 is 26.7 Å². The number of fused-ring (bicyclic) bond motifs is 1. The number of carbonyl (C=O) groups is 1. The Labute approximate surface area is 116 Å². The second-order valence-electron chi connectivity index (χ2n) is 4.97. The van der Waals surface area contributed by atoms with Crippen LogP contribution >= 0.6 is 0 Å². The van der Waals surface area contributed by atoms with Gasteiger partial charge < -0.3 is 9.84 Å².